The maximum Gasteiger partial charge on any atom is 0.254 e. The molecule has 4 heteroatoms. The lowest BCUT2D eigenvalue weighted by Crippen LogP contribution is -2.36. The van der Waals surface area contributed by atoms with Crippen LogP contribution >= 0.6 is 0 Å². The molecule has 2 rings (SSSR count). The largest absolute Gasteiger partial charge is 0.332 e. The predicted octanol–water partition coefficient (Wildman–Crippen LogP) is 3.75. The standard InChI is InChI=1S/C18H17FN2O/c1-13(2)21(12-15-5-9-17(19)10-6-15)18(22)16-7-3-14(11-20)4-8-16/h3-10,13H,12H2,1-2H3. The van der Waals surface area contributed by atoms with E-state index in [1.165, 1.54) is 12.1 Å². The number of hydrogen-bond acceptors (Lipinski definition) is 2. The number of nitriles is 1. The molecule has 22 heavy (non-hydrogen) atoms. The Morgan fingerprint density at radius 1 is 1.14 bits per heavy atom. The maximum atomic E-state index is 13.0. The topological polar surface area (TPSA) is 44.1 Å². The van der Waals surface area contributed by atoms with Crippen LogP contribution in [-0.2, 0) is 6.54 Å². The molecule has 112 valence electrons. The van der Waals surface area contributed by atoms with Gasteiger partial charge in [-0.2, -0.15) is 5.26 Å². The summed E-state index contributed by atoms with van der Waals surface area (Å²) in [5.41, 5.74) is 1.93. The molecular weight excluding hydrogens is 279 g/mol. The molecule has 0 bridgehead atoms. The van der Waals surface area contributed by atoms with Crippen LogP contribution in [-0.4, -0.2) is 16.8 Å². The van der Waals surface area contributed by atoms with E-state index < -0.39 is 0 Å². The summed E-state index contributed by atoms with van der Waals surface area (Å²) >= 11 is 0. The van der Waals surface area contributed by atoms with E-state index in [2.05, 4.69) is 0 Å². The Bertz CT molecular complexity index is 685. The van der Waals surface area contributed by atoms with Crippen molar-refractivity contribution in [3.05, 3.63) is 71.0 Å². The molecule has 0 atom stereocenters. The Labute approximate surface area is 129 Å². The van der Waals surface area contributed by atoms with Gasteiger partial charge in [-0.1, -0.05) is 12.1 Å². The van der Waals surface area contributed by atoms with Gasteiger partial charge in [0.1, 0.15) is 5.82 Å². The van der Waals surface area contributed by atoms with Crippen LogP contribution in [0.25, 0.3) is 0 Å². The Morgan fingerprint density at radius 2 is 1.73 bits per heavy atom. The number of halogens is 1. The van der Waals surface area contributed by atoms with Crippen LogP contribution in [0.2, 0.25) is 0 Å². The highest BCUT2D eigenvalue weighted by Crippen LogP contribution is 2.14. The molecule has 0 aliphatic carbocycles. The second-order valence-electron chi connectivity index (χ2n) is 5.34. The van der Waals surface area contributed by atoms with Crippen molar-refractivity contribution in [1.82, 2.24) is 4.90 Å². The zero-order valence-corrected chi connectivity index (χ0v) is 12.6. The fourth-order valence-electron chi connectivity index (χ4n) is 2.13. The van der Waals surface area contributed by atoms with Gasteiger partial charge in [0, 0.05) is 18.2 Å². The van der Waals surface area contributed by atoms with Gasteiger partial charge in [-0.15, -0.1) is 0 Å². The van der Waals surface area contributed by atoms with Gasteiger partial charge in [0.2, 0.25) is 0 Å². The van der Waals surface area contributed by atoms with Crippen molar-refractivity contribution in [2.24, 2.45) is 0 Å². The quantitative estimate of drug-likeness (QED) is 0.862. The predicted molar refractivity (Wildman–Crippen MR) is 82.6 cm³/mol. The second kappa shape index (κ2) is 6.86. The minimum absolute atomic E-state index is 0.00759. The molecule has 0 fully saturated rings. The van der Waals surface area contributed by atoms with E-state index in [-0.39, 0.29) is 17.8 Å². The van der Waals surface area contributed by atoms with Crippen molar-refractivity contribution in [1.29, 1.82) is 5.26 Å². The fraction of sp³-hybridized carbons (Fsp3) is 0.222. The summed E-state index contributed by atoms with van der Waals surface area (Å²) in [6.07, 6.45) is 0. The third kappa shape index (κ3) is 3.70. The monoisotopic (exact) mass is 296 g/mol. The first kappa shape index (κ1) is 15.7. The van der Waals surface area contributed by atoms with Crippen molar-refractivity contribution in [2.75, 3.05) is 0 Å². The molecule has 0 saturated carbocycles. The summed E-state index contributed by atoms with van der Waals surface area (Å²) in [6.45, 7) is 4.28. The Kier molecular flexibility index (Phi) is 4.90. The van der Waals surface area contributed by atoms with Gasteiger partial charge >= 0.3 is 0 Å². The van der Waals surface area contributed by atoms with E-state index in [0.717, 1.165) is 5.56 Å². The van der Waals surface area contributed by atoms with E-state index in [1.807, 2.05) is 19.9 Å². The number of amides is 1. The van der Waals surface area contributed by atoms with Crippen LogP contribution in [0.3, 0.4) is 0 Å². The lowest BCUT2D eigenvalue weighted by atomic mass is 10.1. The molecular formula is C18H17FN2O. The second-order valence-corrected chi connectivity index (χ2v) is 5.34. The van der Waals surface area contributed by atoms with Gasteiger partial charge in [0.05, 0.1) is 11.6 Å². The van der Waals surface area contributed by atoms with Crippen LogP contribution in [0.15, 0.2) is 48.5 Å². The average Bonchev–Trinajstić information content (AvgIpc) is 2.53. The minimum Gasteiger partial charge on any atom is -0.332 e. The van der Waals surface area contributed by atoms with Crippen LogP contribution < -0.4 is 0 Å². The van der Waals surface area contributed by atoms with E-state index in [9.17, 15) is 9.18 Å². The van der Waals surface area contributed by atoms with Gasteiger partial charge in [0.25, 0.3) is 5.91 Å². The summed E-state index contributed by atoms with van der Waals surface area (Å²) in [6, 6.07) is 14.7. The summed E-state index contributed by atoms with van der Waals surface area (Å²) in [5.74, 6) is -0.401. The number of carbonyl (C=O) groups is 1. The summed E-state index contributed by atoms with van der Waals surface area (Å²) in [4.78, 5) is 14.3. The molecule has 0 aliphatic rings. The molecule has 0 radical (unpaired) electrons. The lowest BCUT2D eigenvalue weighted by molar-refractivity contribution is 0.0690. The average molecular weight is 296 g/mol. The van der Waals surface area contributed by atoms with Gasteiger partial charge in [0.15, 0.2) is 0 Å². The number of nitrogens with zero attached hydrogens (tertiary/aromatic N) is 2. The maximum absolute atomic E-state index is 13.0. The van der Waals surface area contributed by atoms with E-state index >= 15 is 0 Å². The number of hydrogen-bond donors (Lipinski definition) is 0. The minimum atomic E-state index is -0.293. The third-order valence-electron chi connectivity index (χ3n) is 3.41. The number of benzene rings is 2. The van der Waals surface area contributed by atoms with Crippen LogP contribution in [0, 0.1) is 17.1 Å². The molecule has 3 nitrogen and oxygen atoms in total. The van der Waals surface area contributed by atoms with Gasteiger partial charge < -0.3 is 4.90 Å². The first-order chi connectivity index (χ1) is 10.5. The Morgan fingerprint density at radius 3 is 2.23 bits per heavy atom. The molecule has 0 heterocycles. The molecule has 2 aromatic rings. The van der Waals surface area contributed by atoms with Crippen molar-refractivity contribution >= 4 is 5.91 Å². The van der Waals surface area contributed by atoms with Crippen molar-refractivity contribution in [2.45, 2.75) is 26.4 Å². The molecule has 0 aromatic heterocycles. The lowest BCUT2D eigenvalue weighted by Gasteiger charge is -2.27. The van der Waals surface area contributed by atoms with Gasteiger partial charge in [-0.05, 0) is 55.8 Å². The summed E-state index contributed by atoms with van der Waals surface area (Å²) in [7, 11) is 0. The molecule has 0 spiro atoms. The molecule has 0 aliphatic heterocycles. The third-order valence-corrected chi connectivity index (χ3v) is 3.41. The molecule has 1 amide bonds. The SMILES string of the molecule is CC(C)N(Cc1ccc(F)cc1)C(=O)c1ccc(C#N)cc1. The normalized spacial score (nSPS) is 10.3. The smallest absolute Gasteiger partial charge is 0.254 e. The number of carbonyl (C=O) groups excluding carboxylic acids is 1. The first-order valence-electron chi connectivity index (χ1n) is 7.07. The molecule has 0 unspecified atom stereocenters. The van der Waals surface area contributed by atoms with E-state index in [4.69, 9.17) is 5.26 Å². The molecule has 2 aromatic carbocycles. The highest BCUT2D eigenvalue weighted by molar-refractivity contribution is 5.94. The Hall–Kier alpha value is -2.67. The zero-order valence-electron chi connectivity index (χ0n) is 12.6. The van der Waals surface area contributed by atoms with E-state index in [0.29, 0.717) is 17.7 Å². The van der Waals surface area contributed by atoms with Crippen molar-refractivity contribution < 1.29 is 9.18 Å². The highest BCUT2D eigenvalue weighted by Gasteiger charge is 2.19. The van der Waals surface area contributed by atoms with E-state index in [1.54, 1.807) is 41.3 Å². The molecule has 0 saturated heterocycles. The molecule has 0 N–H and O–H groups in total. The first-order valence-corrected chi connectivity index (χ1v) is 7.07. The van der Waals surface area contributed by atoms with Crippen molar-refractivity contribution in [3.8, 4) is 6.07 Å². The zero-order chi connectivity index (χ0) is 16.1. The van der Waals surface area contributed by atoms with Gasteiger partial charge in [-0.3, -0.25) is 4.79 Å². The number of rotatable bonds is 4. The summed E-state index contributed by atoms with van der Waals surface area (Å²) < 4.78 is 13.0. The fourth-order valence-corrected chi connectivity index (χ4v) is 2.13. The highest BCUT2D eigenvalue weighted by atomic mass is 19.1. The van der Waals surface area contributed by atoms with Crippen molar-refractivity contribution in [3.63, 3.8) is 0 Å². The van der Waals surface area contributed by atoms with Crippen LogP contribution in [0.4, 0.5) is 4.39 Å². The Balaban J connectivity index is 2.21. The van der Waals surface area contributed by atoms with Gasteiger partial charge in [-0.25, -0.2) is 4.39 Å². The summed E-state index contributed by atoms with van der Waals surface area (Å²) in [5, 5.41) is 8.81. The van der Waals surface area contributed by atoms with Crippen LogP contribution in [0.1, 0.15) is 35.3 Å². The van der Waals surface area contributed by atoms with Crippen LogP contribution in [0.5, 0.6) is 0 Å².